The predicted octanol–water partition coefficient (Wildman–Crippen LogP) is 0.139. The van der Waals surface area contributed by atoms with Gasteiger partial charge in [-0.3, -0.25) is 4.79 Å². The molecular weight excluding hydrogens is 246 g/mol. The average Bonchev–Trinajstić information content (AvgIpc) is 2.38. The fourth-order valence-electron chi connectivity index (χ4n) is 2.79. The maximum Gasteiger partial charge on any atom is 0.335 e. The molecule has 19 heavy (non-hydrogen) atoms. The maximum atomic E-state index is 12.1. The largest absolute Gasteiger partial charge is 0.478 e. The molecule has 1 aromatic rings. The number of nitrogens with zero attached hydrogens (tertiary/aromatic N) is 2. The van der Waals surface area contributed by atoms with Crippen molar-refractivity contribution in [3.8, 4) is 0 Å². The summed E-state index contributed by atoms with van der Waals surface area (Å²) in [4.78, 5) is 26.9. The predicted molar refractivity (Wildman–Crippen MR) is 70.8 cm³/mol. The summed E-state index contributed by atoms with van der Waals surface area (Å²) in [5.74, 6) is -0.983. The van der Waals surface area contributed by atoms with Gasteiger partial charge in [0.05, 0.1) is 29.5 Å². The normalized spacial score (nSPS) is 21.9. The van der Waals surface area contributed by atoms with E-state index in [1.54, 1.807) is 23.1 Å². The van der Waals surface area contributed by atoms with E-state index < -0.39 is 5.97 Å². The molecule has 0 aromatic heterocycles. The summed E-state index contributed by atoms with van der Waals surface area (Å²) < 4.78 is 0. The van der Waals surface area contributed by atoms with Crippen LogP contribution < -0.4 is 15.1 Å². The summed E-state index contributed by atoms with van der Waals surface area (Å²) in [6.07, 6.45) is 0. The molecule has 1 saturated heterocycles. The first kappa shape index (κ1) is 12.0. The lowest BCUT2D eigenvalue weighted by atomic mass is 10.0. The van der Waals surface area contributed by atoms with Crippen molar-refractivity contribution in [3.05, 3.63) is 23.8 Å². The number of hydrogen-bond donors (Lipinski definition) is 2. The van der Waals surface area contributed by atoms with Crippen LogP contribution in [-0.4, -0.2) is 49.7 Å². The van der Waals surface area contributed by atoms with Gasteiger partial charge in [0.2, 0.25) is 5.91 Å². The molecule has 0 bridgehead atoms. The zero-order valence-electron chi connectivity index (χ0n) is 10.6. The highest BCUT2D eigenvalue weighted by atomic mass is 16.4. The van der Waals surface area contributed by atoms with Crippen molar-refractivity contribution in [2.24, 2.45) is 0 Å². The Labute approximate surface area is 110 Å². The zero-order valence-corrected chi connectivity index (χ0v) is 10.6. The standard InChI is InChI=1S/C13H15N3O3/c1-15-7-9-5-14-6-12(17)16(9)11-4-8(13(18)19)2-3-10(11)15/h2-4,9,14H,5-7H2,1H3,(H,18,19). The molecule has 1 aromatic carbocycles. The van der Waals surface area contributed by atoms with Gasteiger partial charge in [-0.25, -0.2) is 4.79 Å². The zero-order chi connectivity index (χ0) is 13.6. The Bertz CT molecular complexity index is 558. The Morgan fingerprint density at radius 1 is 1.42 bits per heavy atom. The van der Waals surface area contributed by atoms with Gasteiger partial charge in [-0.15, -0.1) is 0 Å². The minimum atomic E-state index is -0.977. The molecule has 2 aliphatic heterocycles. The third-order valence-corrected chi connectivity index (χ3v) is 3.67. The van der Waals surface area contributed by atoms with Crippen molar-refractivity contribution >= 4 is 23.3 Å². The van der Waals surface area contributed by atoms with E-state index in [1.807, 2.05) is 7.05 Å². The molecule has 6 heteroatoms. The topological polar surface area (TPSA) is 72.9 Å². The van der Waals surface area contributed by atoms with Crippen LogP contribution >= 0.6 is 0 Å². The molecule has 1 atom stereocenters. The molecule has 100 valence electrons. The van der Waals surface area contributed by atoms with Crippen LogP contribution in [0.1, 0.15) is 10.4 Å². The lowest BCUT2D eigenvalue weighted by Gasteiger charge is -2.44. The van der Waals surface area contributed by atoms with E-state index in [1.165, 1.54) is 0 Å². The minimum absolute atomic E-state index is 0.00635. The lowest BCUT2D eigenvalue weighted by Crippen LogP contribution is -2.61. The summed E-state index contributed by atoms with van der Waals surface area (Å²) in [5, 5.41) is 12.2. The molecule has 2 heterocycles. The molecule has 0 aliphatic carbocycles. The number of aromatic carboxylic acids is 1. The Hall–Kier alpha value is -2.08. The highest BCUT2D eigenvalue weighted by Gasteiger charge is 2.36. The molecule has 1 amide bonds. The molecule has 0 saturated carbocycles. The number of anilines is 2. The minimum Gasteiger partial charge on any atom is -0.478 e. The van der Waals surface area contributed by atoms with E-state index in [4.69, 9.17) is 5.11 Å². The van der Waals surface area contributed by atoms with Crippen molar-refractivity contribution < 1.29 is 14.7 Å². The summed E-state index contributed by atoms with van der Waals surface area (Å²) in [6, 6.07) is 4.99. The summed E-state index contributed by atoms with van der Waals surface area (Å²) in [6.45, 7) is 1.78. The summed E-state index contributed by atoms with van der Waals surface area (Å²) in [7, 11) is 1.95. The summed E-state index contributed by atoms with van der Waals surface area (Å²) in [5.41, 5.74) is 1.81. The molecule has 0 radical (unpaired) electrons. The van der Waals surface area contributed by atoms with Crippen molar-refractivity contribution in [3.63, 3.8) is 0 Å². The van der Waals surface area contributed by atoms with Crippen LogP contribution in [0.25, 0.3) is 0 Å². The van der Waals surface area contributed by atoms with E-state index in [0.29, 0.717) is 12.2 Å². The van der Waals surface area contributed by atoms with Gasteiger partial charge in [-0.05, 0) is 18.2 Å². The van der Waals surface area contributed by atoms with Gasteiger partial charge < -0.3 is 20.2 Å². The van der Waals surface area contributed by atoms with Crippen molar-refractivity contribution in [2.45, 2.75) is 6.04 Å². The van der Waals surface area contributed by atoms with Crippen molar-refractivity contribution in [2.75, 3.05) is 36.5 Å². The Kier molecular flexibility index (Phi) is 2.67. The van der Waals surface area contributed by atoms with Gasteiger partial charge >= 0.3 is 5.97 Å². The molecule has 2 N–H and O–H groups in total. The van der Waals surface area contributed by atoms with E-state index in [0.717, 1.165) is 18.8 Å². The highest BCUT2D eigenvalue weighted by molar-refractivity contribution is 6.02. The average molecular weight is 261 g/mol. The number of rotatable bonds is 1. The second kappa shape index (κ2) is 4.24. The van der Waals surface area contributed by atoms with Crippen LogP contribution in [-0.2, 0) is 4.79 Å². The lowest BCUT2D eigenvalue weighted by molar-refractivity contribution is -0.119. The van der Waals surface area contributed by atoms with Gasteiger partial charge in [0.1, 0.15) is 0 Å². The fraction of sp³-hybridized carbons (Fsp3) is 0.385. The summed E-state index contributed by atoms with van der Waals surface area (Å²) >= 11 is 0. The Morgan fingerprint density at radius 2 is 2.21 bits per heavy atom. The van der Waals surface area contributed by atoms with E-state index in [-0.39, 0.29) is 17.5 Å². The number of carbonyl (C=O) groups excluding carboxylic acids is 1. The van der Waals surface area contributed by atoms with Gasteiger partial charge in [-0.1, -0.05) is 0 Å². The third-order valence-electron chi connectivity index (χ3n) is 3.67. The van der Waals surface area contributed by atoms with Gasteiger partial charge in [-0.2, -0.15) is 0 Å². The van der Waals surface area contributed by atoms with Crippen LogP contribution in [0.15, 0.2) is 18.2 Å². The monoisotopic (exact) mass is 261 g/mol. The smallest absolute Gasteiger partial charge is 0.335 e. The van der Waals surface area contributed by atoms with Crippen molar-refractivity contribution in [1.82, 2.24) is 5.32 Å². The first-order chi connectivity index (χ1) is 9.08. The quantitative estimate of drug-likeness (QED) is 0.752. The molecule has 3 rings (SSSR count). The number of nitrogens with one attached hydrogen (secondary N) is 1. The molecule has 1 unspecified atom stereocenters. The SMILES string of the molecule is CN1CC2CNCC(=O)N2c2cc(C(=O)O)ccc21. The van der Waals surface area contributed by atoms with Crippen LogP contribution in [0.3, 0.4) is 0 Å². The Balaban J connectivity index is 2.12. The number of carboxylic acids is 1. The molecule has 6 nitrogen and oxygen atoms in total. The number of fused-ring (bicyclic) bond motifs is 3. The van der Waals surface area contributed by atoms with E-state index in [2.05, 4.69) is 10.2 Å². The van der Waals surface area contributed by atoms with Crippen LogP contribution in [0.2, 0.25) is 0 Å². The second-order valence-electron chi connectivity index (χ2n) is 4.94. The highest BCUT2D eigenvalue weighted by Crippen LogP contribution is 2.36. The van der Waals surface area contributed by atoms with E-state index >= 15 is 0 Å². The van der Waals surface area contributed by atoms with Crippen LogP contribution in [0.5, 0.6) is 0 Å². The van der Waals surface area contributed by atoms with Crippen molar-refractivity contribution in [1.29, 1.82) is 0 Å². The number of hydrogen-bond acceptors (Lipinski definition) is 4. The third kappa shape index (κ3) is 1.84. The molecule has 1 fully saturated rings. The van der Waals surface area contributed by atoms with Gasteiger partial charge in [0, 0.05) is 20.1 Å². The number of carboxylic acid groups (broad SMARTS) is 1. The fourth-order valence-corrected chi connectivity index (χ4v) is 2.79. The van der Waals surface area contributed by atoms with Gasteiger partial charge in [0.25, 0.3) is 0 Å². The first-order valence-corrected chi connectivity index (χ1v) is 6.19. The molecule has 2 aliphatic rings. The van der Waals surface area contributed by atoms with Crippen LogP contribution in [0, 0.1) is 0 Å². The van der Waals surface area contributed by atoms with Crippen LogP contribution in [0.4, 0.5) is 11.4 Å². The maximum absolute atomic E-state index is 12.1. The number of carbonyl (C=O) groups is 2. The Morgan fingerprint density at radius 3 is 2.95 bits per heavy atom. The molecule has 0 spiro atoms. The number of amides is 1. The molecular formula is C13H15N3O3. The number of benzene rings is 1. The second-order valence-corrected chi connectivity index (χ2v) is 4.94. The van der Waals surface area contributed by atoms with E-state index in [9.17, 15) is 9.59 Å². The number of likely N-dealkylation sites (N-methyl/N-ethyl adjacent to an activating group) is 1. The number of piperazine rings is 1. The van der Waals surface area contributed by atoms with Gasteiger partial charge in [0.15, 0.2) is 0 Å². The first-order valence-electron chi connectivity index (χ1n) is 6.19.